The van der Waals surface area contributed by atoms with Crippen LogP contribution in [0.15, 0.2) is 42.5 Å². The Morgan fingerprint density at radius 3 is 2.41 bits per heavy atom. The van der Waals surface area contributed by atoms with Crippen LogP contribution in [0.5, 0.6) is 11.5 Å². The lowest BCUT2D eigenvalue weighted by molar-refractivity contribution is -0.274. The monoisotopic (exact) mass is 508 g/mol. The lowest BCUT2D eigenvalue weighted by atomic mass is 10.1. The molecule has 0 saturated carbocycles. The van der Waals surface area contributed by atoms with Crippen molar-refractivity contribution in [2.75, 3.05) is 7.11 Å². The molecule has 0 aliphatic rings. The molecule has 0 bridgehead atoms. The lowest BCUT2D eigenvalue weighted by Gasteiger charge is -2.16. The summed E-state index contributed by atoms with van der Waals surface area (Å²) in [6.07, 6.45) is -9.95. The topological polar surface area (TPSA) is 60.5 Å². The van der Waals surface area contributed by atoms with Crippen LogP contribution in [-0.2, 0) is 6.18 Å². The van der Waals surface area contributed by atoms with Crippen molar-refractivity contribution in [3.8, 4) is 22.1 Å². The van der Waals surface area contributed by atoms with Crippen LogP contribution in [0.3, 0.4) is 0 Å². The molecule has 0 saturated heterocycles. The van der Waals surface area contributed by atoms with E-state index in [-0.39, 0.29) is 21.9 Å². The van der Waals surface area contributed by atoms with Crippen LogP contribution in [0.2, 0.25) is 0 Å². The Balaban J connectivity index is 1.93. The molecule has 5 nitrogen and oxygen atoms in total. The van der Waals surface area contributed by atoms with E-state index >= 15 is 0 Å². The lowest BCUT2D eigenvalue weighted by Crippen LogP contribution is -2.28. The maximum atomic E-state index is 13.7. The molecule has 182 valence electrons. The Labute approximate surface area is 192 Å². The number of aromatic nitrogens is 1. The SMILES string of the molecule is COc1ccc(F)cc1-c1nc(C(F)(F)F)c(C(=O)NC(C)c2cccc(OC(F)(F)F)c2)s1. The van der Waals surface area contributed by atoms with E-state index in [9.17, 15) is 35.5 Å². The van der Waals surface area contributed by atoms with Gasteiger partial charge >= 0.3 is 12.5 Å². The van der Waals surface area contributed by atoms with Crippen molar-refractivity contribution in [2.45, 2.75) is 25.5 Å². The molecule has 0 aliphatic heterocycles. The summed E-state index contributed by atoms with van der Waals surface area (Å²) in [6.45, 7) is 1.37. The smallest absolute Gasteiger partial charge is 0.496 e. The molecular formula is C21H15F7N2O3S. The second kappa shape index (κ2) is 9.49. The molecule has 0 aliphatic carbocycles. The molecule has 3 rings (SSSR count). The molecule has 34 heavy (non-hydrogen) atoms. The number of thiazole rings is 1. The minimum atomic E-state index is -5.01. The van der Waals surface area contributed by atoms with Gasteiger partial charge in [0.05, 0.1) is 18.7 Å². The summed E-state index contributed by atoms with van der Waals surface area (Å²) in [5, 5.41) is 2.01. The van der Waals surface area contributed by atoms with Crippen LogP contribution >= 0.6 is 11.3 Å². The van der Waals surface area contributed by atoms with Crippen molar-refractivity contribution >= 4 is 17.2 Å². The van der Waals surface area contributed by atoms with Gasteiger partial charge in [-0.2, -0.15) is 13.2 Å². The Morgan fingerprint density at radius 2 is 1.79 bits per heavy atom. The first-order valence-electron chi connectivity index (χ1n) is 9.37. The molecular weight excluding hydrogens is 493 g/mol. The number of hydrogen-bond donors (Lipinski definition) is 1. The fourth-order valence-corrected chi connectivity index (χ4v) is 3.96. The van der Waals surface area contributed by atoms with E-state index in [2.05, 4.69) is 15.0 Å². The zero-order chi connectivity index (χ0) is 25.3. The van der Waals surface area contributed by atoms with E-state index < -0.39 is 46.6 Å². The number of benzene rings is 2. The van der Waals surface area contributed by atoms with Crippen LogP contribution < -0.4 is 14.8 Å². The van der Waals surface area contributed by atoms with Gasteiger partial charge in [-0.05, 0) is 42.8 Å². The quantitative estimate of drug-likeness (QED) is 0.394. The first-order chi connectivity index (χ1) is 15.8. The van der Waals surface area contributed by atoms with Crippen LogP contribution in [0.1, 0.15) is 33.9 Å². The van der Waals surface area contributed by atoms with Gasteiger partial charge < -0.3 is 14.8 Å². The van der Waals surface area contributed by atoms with Gasteiger partial charge in [-0.1, -0.05) is 12.1 Å². The third kappa shape index (κ3) is 5.95. The molecule has 1 atom stereocenters. The summed E-state index contributed by atoms with van der Waals surface area (Å²) >= 11 is 0.371. The first kappa shape index (κ1) is 25.3. The number of methoxy groups -OCH3 is 1. The van der Waals surface area contributed by atoms with Crippen molar-refractivity contribution in [3.63, 3.8) is 0 Å². The summed E-state index contributed by atoms with van der Waals surface area (Å²) in [7, 11) is 1.24. The Hall–Kier alpha value is -3.35. The number of alkyl halides is 6. The summed E-state index contributed by atoms with van der Waals surface area (Å²) in [5.41, 5.74) is -1.42. The van der Waals surface area contributed by atoms with Gasteiger partial charge in [-0.3, -0.25) is 4.79 Å². The summed E-state index contributed by atoms with van der Waals surface area (Å²) in [5.74, 6) is -2.42. The molecule has 0 radical (unpaired) electrons. The highest BCUT2D eigenvalue weighted by atomic mass is 32.1. The maximum absolute atomic E-state index is 13.7. The summed E-state index contributed by atoms with van der Waals surface area (Å²) < 4.78 is 101. The van der Waals surface area contributed by atoms with Gasteiger partial charge in [0, 0.05) is 0 Å². The van der Waals surface area contributed by atoms with E-state index in [4.69, 9.17) is 4.74 Å². The molecule has 3 aromatic rings. The number of ether oxygens (including phenoxy) is 2. The largest absolute Gasteiger partial charge is 0.573 e. The average molecular weight is 508 g/mol. The van der Waals surface area contributed by atoms with Gasteiger partial charge in [0.15, 0.2) is 5.69 Å². The number of carbonyl (C=O) groups is 1. The van der Waals surface area contributed by atoms with E-state index in [1.54, 1.807) is 0 Å². The minimum absolute atomic E-state index is 0.0469. The predicted octanol–water partition coefficient (Wildman–Crippen LogP) is 6.37. The zero-order valence-electron chi connectivity index (χ0n) is 17.3. The van der Waals surface area contributed by atoms with Gasteiger partial charge in [-0.25, -0.2) is 9.37 Å². The van der Waals surface area contributed by atoms with Gasteiger partial charge in [-0.15, -0.1) is 24.5 Å². The summed E-state index contributed by atoms with van der Waals surface area (Å²) in [4.78, 5) is 15.4. The molecule has 2 aromatic carbocycles. The number of hydrogen-bond acceptors (Lipinski definition) is 5. The van der Waals surface area contributed by atoms with Crippen molar-refractivity contribution in [1.29, 1.82) is 0 Å². The normalized spacial score (nSPS) is 12.9. The predicted molar refractivity (Wildman–Crippen MR) is 108 cm³/mol. The van der Waals surface area contributed by atoms with E-state index in [1.807, 2.05) is 0 Å². The van der Waals surface area contributed by atoms with Crippen LogP contribution in [-0.4, -0.2) is 24.4 Å². The number of amides is 1. The minimum Gasteiger partial charge on any atom is -0.496 e. The molecule has 13 heteroatoms. The standard InChI is InChI=1S/C21H15F7N2O3S/c1-10(11-4-3-5-13(8-11)33-21(26,27)28)29-18(31)16-17(20(23,24)25)30-19(34-16)14-9-12(22)6-7-15(14)32-2/h3-10H,1-2H3,(H,29,31). The van der Waals surface area contributed by atoms with Crippen LogP contribution in [0.4, 0.5) is 30.7 Å². The van der Waals surface area contributed by atoms with E-state index in [0.29, 0.717) is 11.3 Å². The molecule has 1 N–H and O–H groups in total. The van der Waals surface area contributed by atoms with Crippen molar-refractivity contribution in [3.05, 3.63) is 64.4 Å². The fraction of sp³-hybridized carbons (Fsp3) is 0.238. The Morgan fingerprint density at radius 1 is 1.09 bits per heavy atom. The van der Waals surface area contributed by atoms with E-state index in [1.165, 1.54) is 32.2 Å². The maximum Gasteiger partial charge on any atom is 0.573 e. The van der Waals surface area contributed by atoms with Crippen LogP contribution in [0, 0.1) is 5.82 Å². The highest BCUT2D eigenvalue weighted by molar-refractivity contribution is 7.17. The molecule has 1 heterocycles. The van der Waals surface area contributed by atoms with Crippen molar-refractivity contribution in [1.82, 2.24) is 10.3 Å². The van der Waals surface area contributed by atoms with Gasteiger partial charge in [0.25, 0.3) is 5.91 Å². The highest BCUT2D eigenvalue weighted by Gasteiger charge is 2.40. The Kier molecular flexibility index (Phi) is 7.05. The second-order valence-electron chi connectivity index (χ2n) is 6.85. The van der Waals surface area contributed by atoms with Gasteiger partial charge in [0.1, 0.15) is 27.2 Å². The number of carbonyl (C=O) groups excluding carboxylic acids is 1. The summed E-state index contributed by atoms with van der Waals surface area (Å²) in [6, 6.07) is 6.83. The molecule has 1 aromatic heterocycles. The Bertz CT molecular complexity index is 1190. The number of nitrogens with one attached hydrogen (secondary N) is 1. The number of nitrogens with zero attached hydrogens (tertiary/aromatic N) is 1. The van der Waals surface area contributed by atoms with E-state index in [0.717, 1.165) is 24.3 Å². The molecule has 1 amide bonds. The molecule has 0 spiro atoms. The average Bonchev–Trinajstić information content (AvgIpc) is 3.19. The fourth-order valence-electron chi connectivity index (χ4n) is 2.96. The number of halogens is 7. The second-order valence-corrected chi connectivity index (χ2v) is 7.85. The molecule has 1 unspecified atom stereocenters. The van der Waals surface area contributed by atoms with Crippen LogP contribution in [0.25, 0.3) is 10.6 Å². The highest BCUT2D eigenvalue weighted by Crippen LogP contribution is 2.40. The van der Waals surface area contributed by atoms with Crippen molar-refractivity contribution in [2.24, 2.45) is 0 Å². The molecule has 0 fully saturated rings. The third-order valence-electron chi connectivity index (χ3n) is 4.43. The zero-order valence-corrected chi connectivity index (χ0v) is 18.2. The van der Waals surface area contributed by atoms with Gasteiger partial charge in [0.2, 0.25) is 0 Å². The first-order valence-corrected chi connectivity index (χ1v) is 10.2. The van der Waals surface area contributed by atoms with Crippen molar-refractivity contribution < 1.29 is 45.0 Å². The number of rotatable bonds is 6. The third-order valence-corrected chi connectivity index (χ3v) is 5.52.